The van der Waals surface area contributed by atoms with Gasteiger partial charge in [-0.1, -0.05) is 18.6 Å². The van der Waals surface area contributed by atoms with Gasteiger partial charge in [-0.15, -0.1) is 0 Å². The Morgan fingerprint density at radius 3 is 2.66 bits per heavy atom. The minimum absolute atomic E-state index is 0.0428. The van der Waals surface area contributed by atoms with E-state index >= 15 is 0 Å². The third kappa shape index (κ3) is 6.74. The van der Waals surface area contributed by atoms with Crippen LogP contribution in [-0.4, -0.2) is 49.6 Å². The minimum atomic E-state index is -0.180. The maximum Gasteiger partial charge on any atom is 0.305 e. The number of carbonyl (C=O) groups excluding carboxylic acids is 2. The standard InChI is InChI=1S/C23H34N2O4/c1-28-20-12-10-18(11-13-20)16-24-22(26)8-4-9-23(27)29-17-19-6-5-15-25-14-3-2-7-21(19)25/h10-13,19,21H,2-9,14-17H2,1H3,(H,24,26)/t19-,21-/m1/s1. The Balaban J connectivity index is 1.28. The molecule has 0 bridgehead atoms. The second-order valence-corrected chi connectivity index (χ2v) is 8.16. The van der Waals surface area contributed by atoms with Crippen LogP contribution in [0.15, 0.2) is 24.3 Å². The second kappa shape index (κ2) is 11.2. The summed E-state index contributed by atoms with van der Waals surface area (Å²) in [6.45, 7) is 3.40. The van der Waals surface area contributed by atoms with Crippen LogP contribution < -0.4 is 10.1 Å². The highest BCUT2D eigenvalue weighted by Crippen LogP contribution is 2.31. The number of piperidine rings is 2. The summed E-state index contributed by atoms with van der Waals surface area (Å²) in [5.41, 5.74) is 1.02. The summed E-state index contributed by atoms with van der Waals surface area (Å²) in [5, 5.41) is 2.89. The van der Waals surface area contributed by atoms with Crippen LogP contribution in [-0.2, 0) is 20.9 Å². The molecule has 6 nitrogen and oxygen atoms in total. The molecule has 2 aliphatic heterocycles. The third-order valence-corrected chi connectivity index (χ3v) is 6.12. The summed E-state index contributed by atoms with van der Waals surface area (Å²) in [4.78, 5) is 26.7. The fourth-order valence-electron chi connectivity index (χ4n) is 4.47. The first-order valence-corrected chi connectivity index (χ1v) is 10.9. The summed E-state index contributed by atoms with van der Waals surface area (Å²) in [6.07, 6.45) is 7.34. The maximum atomic E-state index is 12.1. The molecule has 0 spiro atoms. The van der Waals surface area contributed by atoms with Gasteiger partial charge in [-0.3, -0.25) is 14.5 Å². The number of fused-ring (bicyclic) bond motifs is 1. The van der Waals surface area contributed by atoms with Gasteiger partial charge < -0.3 is 14.8 Å². The van der Waals surface area contributed by atoms with Gasteiger partial charge in [-0.2, -0.15) is 0 Å². The largest absolute Gasteiger partial charge is 0.497 e. The Morgan fingerprint density at radius 2 is 1.86 bits per heavy atom. The van der Waals surface area contributed by atoms with Gasteiger partial charge >= 0.3 is 5.97 Å². The van der Waals surface area contributed by atoms with E-state index in [-0.39, 0.29) is 11.9 Å². The molecule has 0 aromatic heterocycles. The van der Waals surface area contributed by atoms with Gasteiger partial charge in [0.1, 0.15) is 5.75 Å². The van der Waals surface area contributed by atoms with Gasteiger partial charge in [0.05, 0.1) is 13.7 Å². The predicted molar refractivity (Wildman–Crippen MR) is 112 cm³/mol. The van der Waals surface area contributed by atoms with E-state index in [0.717, 1.165) is 17.7 Å². The van der Waals surface area contributed by atoms with Gasteiger partial charge in [0.2, 0.25) is 5.91 Å². The van der Waals surface area contributed by atoms with Crippen LogP contribution in [0, 0.1) is 5.92 Å². The number of carbonyl (C=O) groups is 2. The zero-order valence-electron chi connectivity index (χ0n) is 17.5. The van der Waals surface area contributed by atoms with E-state index in [1.807, 2.05) is 24.3 Å². The molecule has 3 rings (SSSR count). The van der Waals surface area contributed by atoms with E-state index in [1.54, 1.807) is 7.11 Å². The Labute approximate surface area is 173 Å². The number of methoxy groups -OCH3 is 1. The first-order valence-electron chi connectivity index (χ1n) is 10.9. The molecule has 1 aromatic carbocycles. The molecule has 0 aliphatic carbocycles. The fourth-order valence-corrected chi connectivity index (χ4v) is 4.47. The molecule has 2 fully saturated rings. The van der Waals surface area contributed by atoms with Crippen molar-refractivity contribution in [3.63, 3.8) is 0 Å². The van der Waals surface area contributed by atoms with Crippen molar-refractivity contribution in [1.82, 2.24) is 10.2 Å². The topological polar surface area (TPSA) is 67.9 Å². The number of hydrogen-bond donors (Lipinski definition) is 1. The summed E-state index contributed by atoms with van der Waals surface area (Å²) in [5.74, 6) is 1.04. The van der Waals surface area contributed by atoms with Crippen LogP contribution in [0.3, 0.4) is 0 Å². The molecule has 0 radical (unpaired) electrons. The molecule has 29 heavy (non-hydrogen) atoms. The van der Waals surface area contributed by atoms with Gasteiger partial charge in [0.15, 0.2) is 0 Å². The first kappa shape index (κ1) is 21.6. The number of hydrogen-bond acceptors (Lipinski definition) is 5. The monoisotopic (exact) mass is 402 g/mol. The van der Waals surface area contributed by atoms with Crippen molar-refractivity contribution in [2.24, 2.45) is 5.92 Å². The van der Waals surface area contributed by atoms with E-state index in [9.17, 15) is 9.59 Å². The van der Waals surface area contributed by atoms with Crippen molar-refractivity contribution < 1.29 is 19.1 Å². The van der Waals surface area contributed by atoms with E-state index in [4.69, 9.17) is 9.47 Å². The highest BCUT2D eigenvalue weighted by molar-refractivity contribution is 5.77. The summed E-state index contributed by atoms with van der Waals surface area (Å²) >= 11 is 0. The lowest BCUT2D eigenvalue weighted by Crippen LogP contribution is -2.49. The van der Waals surface area contributed by atoms with Crippen molar-refractivity contribution in [3.05, 3.63) is 29.8 Å². The average Bonchev–Trinajstić information content (AvgIpc) is 2.76. The zero-order valence-corrected chi connectivity index (χ0v) is 17.5. The SMILES string of the molecule is COc1ccc(CNC(=O)CCCC(=O)OC[C@H]2CCCN3CCCC[C@H]23)cc1. The van der Waals surface area contributed by atoms with Crippen molar-refractivity contribution in [2.45, 2.75) is 64.0 Å². The van der Waals surface area contributed by atoms with Crippen LogP contribution in [0.5, 0.6) is 5.75 Å². The first-order chi connectivity index (χ1) is 14.2. The molecule has 160 valence electrons. The minimum Gasteiger partial charge on any atom is -0.497 e. The van der Waals surface area contributed by atoms with Crippen LogP contribution in [0.4, 0.5) is 0 Å². The Kier molecular flexibility index (Phi) is 8.35. The number of ether oxygens (including phenoxy) is 2. The molecule has 1 aromatic rings. The summed E-state index contributed by atoms with van der Waals surface area (Å²) in [7, 11) is 1.63. The number of esters is 1. The maximum absolute atomic E-state index is 12.1. The number of amides is 1. The average molecular weight is 403 g/mol. The summed E-state index contributed by atoms with van der Waals surface area (Å²) < 4.78 is 10.7. The molecular formula is C23H34N2O4. The van der Waals surface area contributed by atoms with Gasteiger partial charge in [0, 0.05) is 31.3 Å². The zero-order chi connectivity index (χ0) is 20.5. The quantitative estimate of drug-likeness (QED) is 0.642. The molecule has 2 atom stereocenters. The van der Waals surface area contributed by atoms with Gasteiger partial charge in [-0.25, -0.2) is 0 Å². The lowest BCUT2D eigenvalue weighted by atomic mass is 9.84. The normalized spacial score (nSPS) is 21.8. The number of benzene rings is 1. The van der Waals surface area contributed by atoms with Crippen molar-refractivity contribution in [1.29, 1.82) is 0 Å². The second-order valence-electron chi connectivity index (χ2n) is 8.16. The molecule has 2 saturated heterocycles. The highest BCUT2D eigenvalue weighted by Gasteiger charge is 2.33. The Morgan fingerprint density at radius 1 is 1.07 bits per heavy atom. The molecule has 2 aliphatic rings. The van der Waals surface area contributed by atoms with Crippen LogP contribution in [0.1, 0.15) is 56.9 Å². The molecule has 6 heteroatoms. The Bertz CT molecular complexity index is 659. The number of rotatable bonds is 9. The molecule has 0 saturated carbocycles. The van der Waals surface area contributed by atoms with E-state index in [0.29, 0.717) is 44.4 Å². The lowest BCUT2D eigenvalue weighted by Gasteiger charge is -2.44. The summed E-state index contributed by atoms with van der Waals surface area (Å²) in [6, 6.07) is 8.19. The third-order valence-electron chi connectivity index (χ3n) is 6.12. The number of nitrogens with zero attached hydrogens (tertiary/aromatic N) is 1. The highest BCUT2D eigenvalue weighted by atomic mass is 16.5. The van der Waals surface area contributed by atoms with Crippen molar-refractivity contribution in [2.75, 3.05) is 26.8 Å². The molecule has 1 amide bonds. The van der Waals surface area contributed by atoms with Gasteiger partial charge in [-0.05, 0) is 62.9 Å². The van der Waals surface area contributed by atoms with Gasteiger partial charge in [0.25, 0.3) is 0 Å². The van der Waals surface area contributed by atoms with E-state index in [1.165, 1.54) is 38.8 Å². The van der Waals surface area contributed by atoms with Crippen LogP contribution >= 0.6 is 0 Å². The van der Waals surface area contributed by atoms with Crippen LogP contribution in [0.2, 0.25) is 0 Å². The van der Waals surface area contributed by atoms with Crippen LogP contribution in [0.25, 0.3) is 0 Å². The van der Waals surface area contributed by atoms with E-state index in [2.05, 4.69) is 10.2 Å². The molecule has 2 heterocycles. The molecule has 0 unspecified atom stereocenters. The number of nitrogens with one attached hydrogen (secondary N) is 1. The predicted octanol–water partition coefficient (Wildman–Crippen LogP) is 3.29. The smallest absolute Gasteiger partial charge is 0.305 e. The molecule has 1 N–H and O–H groups in total. The lowest BCUT2D eigenvalue weighted by molar-refractivity contribution is -0.146. The Hall–Kier alpha value is -2.08. The van der Waals surface area contributed by atoms with Crippen molar-refractivity contribution in [3.8, 4) is 5.75 Å². The molecular weight excluding hydrogens is 368 g/mol. The van der Waals surface area contributed by atoms with E-state index < -0.39 is 0 Å². The van der Waals surface area contributed by atoms with Crippen molar-refractivity contribution >= 4 is 11.9 Å². The fraction of sp³-hybridized carbons (Fsp3) is 0.652.